The van der Waals surface area contributed by atoms with Crippen molar-refractivity contribution in [3.05, 3.63) is 58.1 Å². The van der Waals surface area contributed by atoms with Crippen LogP contribution in [0.3, 0.4) is 0 Å². The van der Waals surface area contributed by atoms with Gasteiger partial charge in [0.15, 0.2) is 11.5 Å². The highest BCUT2D eigenvalue weighted by atomic mass is 16.5. The summed E-state index contributed by atoms with van der Waals surface area (Å²) in [6.45, 7) is 1.73. The first-order chi connectivity index (χ1) is 12.6. The fourth-order valence-corrected chi connectivity index (χ4v) is 2.64. The number of fused-ring (bicyclic) bond motifs is 1. The van der Waals surface area contributed by atoms with Crippen LogP contribution in [-0.2, 0) is 0 Å². The van der Waals surface area contributed by atoms with Crippen LogP contribution in [0.4, 0.5) is 0 Å². The van der Waals surface area contributed by atoms with Crippen LogP contribution in [-0.4, -0.2) is 37.2 Å². The molecule has 0 radical (unpaired) electrons. The summed E-state index contributed by atoms with van der Waals surface area (Å²) in [5, 5.41) is 4.81. The maximum Gasteiger partial charge on any atom is 0.282 e. The lowest BCUT2D eigenvalue weighted by molar-refractivity contribution is 0.349. The SMILES string of the molecule is COc1cc(OC)c(OC)cc1/C=N/n1c(C)nc2ccccc2c1=O. The number of nitrogens with zero attached hydrogens (tertiary/aromatic N) is 3. The topological polar surface area (TPSA) is 74.9 Å². The van der Waals surface area contributed by atoms with Crippen LogP contribution in [0.2, 0.25) is 0 Å². The van der Waals surface area contributed by atoms with Crippen molar-refractivity contribution in [3.8, 4) is 17.2 Å². The molecular weight excluding hydrogens is 334 g/mol. The van der Waals surface area contributed by atoms with Gasteiger partial charge in [-0.1, -0.05) is 12.1 Å². The fourth-order valence-electron chi connectivity index (χ4n) is 2.64. The molecule has 0 aliphatic carbocycles. The molecule has 2 aromatic carbocycles. The second-order valence-corrected chi connectivity index (χ2v) is 5.49. The summed E-state index contributed by atoms with van der Waals surface area (Å²) >= 11 is 0. The Morgan fingerprint density at radius 1 is 1.00 bits per heavy atom. The van der Waals surface area contributed by atoms with Crippen molar-refractivity contribution in [1.82, 2.24) is 9.66 Å². The van der Waals surface area contributed by atoms with Crippen molar-refractivity contribution < 1.29 is 14.2 Å². The summed E-state index contributed by atoms with van der Waals surface area (Å²) in [6.07, 6.45) is 1.53. The number of hydrogen-bond donors (Lipinski definition) is 0. The Kier molecular flexibility index (Phi) is 4.88. The Bertz CT molecular complexity index is 1040. The first kappa shape index (κ1) is 17.5. The molecular formula is C19H19N3O4. The molecule has 7 heteroatoms. The number of rotatable bonds is 5. The van der Waals surface area contributed by atoms with E-state index in [1.54, 1.807) is 58.6 Å². The molecule has 3 rings (SSSR count). The molecule has 7 nitrogen and oxygen atoms in total. The predicted octanol–water partition coefficient (Wildman–Crippen LogP) is 2.61. The van der Waals surface area contributed by atoms with Gasteiger partial charge in [-0.15, -0.1) is 0 Å². The van der Waals surface area contributed by atoms with Crippen molar-refractivity contribution in [2.75, 3.05) is 21.3 Å². The smallest absolute Gasteiger partial charge is 0.282 e. The van der Waals surface area contributed by atoms with E-state index in [2.05, 4.69) is 10.1 Å². The molecule has 0 unspecified atom stereocenters. The molecule has 0 N–H and O–H groups in total. The zero-order valence-electron chi connectivity index (χ0n) is 15.0. The van der Waals surface area contributed by atoms with Crippen molar-refractivity contribution in [1.29, 1.82) is 0 Å². The quantitative estimate of drug-likeness (QED) is 0.659. The molecule has 0 bridgehead atoms. The van der Waals surface area contributed by atoms with Gasteiger partial charge in [0.1, 0.15) is 11.6 Å². The molecule has 0 aliphatic heterocycles. The van der Waals surface area contributed by atoms with E-state index in [-0.39, 0.29) is 5.56 Å². The summed E-state index contributed by atoms with van der Waals surface area (Å²) in [5.74, 6) is 2.12. The maximum atomic E-state index is 12.7. The number of methoxy groups -OCH3 is 3. The zero-order valence-corrected chi connectivity index (χ0v) is 15.0. The van der Waals surface area contributed by atoms with E-state index >= 15 is 0 Å². The summed E-state index contributed by atoms with van der Waals surface area (Å²) in [6, 6.07) is 10.6. The van der Waals surface area contributed by atoms with Gasteiger partial charge in [-0.3, -0.25) is 4.79 Å². The molecule has 1 aromatic heterocycles. The second kappa shape index (κ2) is 7.26. The third kappa shape index (κ3) is 3.11. The third-order valence-electron chi connectivity index (χ3n) is 3.96. The van der Waals surface area contributed by atoms with Gasteiger partial charge < -0.3 is 14.2 Å². The van der Waals surface area contributed by atoms with Gasteiger partial charge in [-0.2, -0.15) is 9.78 Å². The first-order valence-corrected chi connectivity index (χ1v) is 7.91. The monoisotopic (exact) mass is 353 g/mol. The van der Waals surface area contributed by atoms with E-state index in [0.717, 1.165) is 0 Å². The molecule has 0 spiro atoms. The molecule has 0 saturated heterocycles. The third-order valence-corrected chi connectivity index (χ3v) is 3.96. The summed E-state index contributed by atoms with van der Waals surface area (Å²) < 4.78 is 17.2. The Morgan fingerprint density at radius 3 is 2.35 bits per heavy atom. The van der Waals surface area contributed by atoms with Crippen LogP contribution in [0.25, 0.3) is 10.9 Å². The minimum absolute atomic E-state index is 0.233. The van der Waals surface area contributed by atoms with Gasteiger partial charge in [0.05, 0.1) is 38.4 Å². The van der Waals surface area contributed by atoms with E-state index in [4.69, 9.17) is 14.2 Å². The lowest BCUT2D eigenvalue weighted by atomic mass is 10.2. The van der Waals surface area contributed by atoms with E-state index in [0.29, 0.717) is 39.5 Å². The van der Waals surface area contributed by atoms with Gasteiger partial charge >= 0.3 is 0 Å². The Morgan fingerprint density at radius 2 is 1.65 bits per heavy atom. The van der Waals surface area contributed by atoms with Gasteiger partial charge in [-0.05, 0) is 25.1 Å². The second-order valence-electron chi connectivity index (χ2n) is 5.49. The molecule has 0 aliphatic rings. The van der Waals surface area contributed by atoms with Crippen LogP contribution in [0.15, 0.2) is 46.3 Å². The van der Waals surface area contributed by atoms with E-state index < -0.39 is 0 Å². The van der Waals surface area contributed by atoms with Crippen LogP contribution in [0, 0.1) is 6.92 Å². The van der Waals surface area contributed by atoms with Crippen molar-refractivity contribution >= 4 is 17.1 Å². The largest absolute Gasteiger partial charge is 0.496 e. The Balaban J connectivity index is 2.11. The normalized spacial score (nSPS) is 11.1. The first-order valence-electron chi connectivity index (χ1n) is 7.91. The van der Waals surface area contributed by atoms with E-state index in [1.807, 2.05) is 6.07 Å². The number of aromatic nitrogens is 2. The van der Waals surface area contributed by atoms with Gasteiger partial charge in [0, 0.05) is 11.6 Å². The number of para-hydroxylation sites is 1. The molecule has 134 valence electrons. The van der Waals surface area contributed by atoms with Gasteiger partial charge in [-0.25, -0.2) is 4.98 Å². The number of hydrogen-bond acceptors (Lipinski definition) is 6. The highest BCUT2D eigenvalue weighted by Gasteiger charge is 2.11. The predicted molar refractivity (Wildman–Crippen MR) is 99.8 cm³/mol. The molecule has 0 atom stereocenters. The van der Waals surface area contributed by atoms with Crippen LogP contribution >= 0.6 is 0 Å². The average Bonchev–Trinajstić information content (AvgIpc) is 2.67. The standard InChI is InChI=1S/C19H19N3O4/c1-12-21-15-8-6-5-7-14(15)19(23)22(12)20-11-13-9-17(25-3)18(26-4)10-16(13)24-2/h5-11H,1-4H3/b20-11+. The molecule has 26 heavy (non-hydrogen) atoms. The number of aryl methyl sites for hydroxylation is 1. The fraction of sp³-hybridized carbons (Fsp3) is 0.211. The highest BCUT2D eigenvalue weighted by Crippen LogP contribution is 2.33. The average molecular weight is 353 g/mol. The molecule has 3 aromatic rings. The Labute approximate surface area is 150 Å². The van der Waals surface area contributed by atoms with E-state index in [9.17, 15) is 4.79 Å². The minimum Gasteiger partial charge on any atom is -0.496 e. The van der Waals surface area contributed by atoms with Crippen molar-refractivity contribution in [2.45, 2.75) is 6.92 Å². The summed E-state index contributed by atoms with van der Waals surface area (Å²) in [4.78, 5) is 17.1. The van der Waals surface area contributed by atoms with Crippen molar-refractivity contribution in [3.63, 3.8) is 0 Å². The maximum absolute atomic E-state index is 12.7. The Hall–Kier alpha value is -3.35. The van der Waals surface area contributed by atoms with Crippen LogP contribution < -0.4 is 19.8 Å². The lowest BCUT2D eigenvalue weighted by Crippen LogP contribution is -2.20. The lowest BCUT2D eigenvalue weighted by Gasteiger charge is -2.12. The number of benzene rings is 2. The van der Waals surface area contributed by atoms with Gasteiger partial charge in [0.2, 0.25) is 0 Å². The van der Waals surface area contributed by atoms with Crippen LogP contribution in [0.1, 0.15) is 11.4 Å². The van der Waals surface area contributed by atoms with E-state index in [1.165, 1.54) is 10.9 Å². The van der Waals surface area contributed by atoms with Crippen LogP contribution in [0.5, 0.6) is 17.2 Å². The van der Waals surface area contributed by atoms with Gasteiger partial charge in [0.25, 0.3) is 5.56 Å². The number of ether oxygens (including phenoxy) is 3. The summed E-state index contributed by atoms with van der Waals surface area (Å²) in [5.41, 5.74) is 1.05. The molecule has 0 amide bonds. The highest BCUT2D eigenvalue weighted by molar-refractivity contribution is 5.85. The molecule has 1 heterocycles. The summed E-state index contributed by atoms with van der Waals surface area (Å²) in [7, 11) is 4.65. The minimum atomic E-state index is -0.233. The molecule has 0 saturated carbocycles. The molecule has 0 fully saturated rings. The van der Waals surface area contributed by atoms with Crippen molar-refractivity contribution in [2.24, 2.45) is 5.10 Å². The zero-order chi connectivity index (χ0) is 18.7.